The van der Waals surface area contributed by atoms with E-state index in [2.05, 4.69) is 4.42 Å². The number of hydrogen-bond acceptors (Lipinski definition) is 6. The average molecular weight is 296 g/mol. The largest absolute Gasteiger partial charge is 0.475 e. The smallest absolute Gasteiger partial charge is 0.372 e. The molecule has 0 unspecified atom stereocenters. The summed E-state index contributed by atoms with van der Waals surface area (Å²) in [4.78, 5) is 10.7. The first-order chi connectivity index (χ1) is 8.11. The Kier molecular flexibility index (Phi) is 4.17. The Balaban J connectivity index is 2.83. The summed E-state index contributed by atoms with van der Waals surface area (Å²) in [5, 5.41) is 8.73. The van der Waals surface area contributed by atoms with Gasteiger partial charge in [-0.25, -0.2) is 21.6 Å². The molecule has 9 heteroatoms. The van der Waals surface area contributed by atoms with Crippen LogP contribution in [0.15, 0.2) is 16.7 Å². The van der Waals surface area contributed by atoms with Crippen molar-refractivity contribution in [3.05, 3.63) is 23.7 Å². The Labute approximate surface area is 104 Å². The second kappa shape index (κ2) is 5.11. The molecule has 1 rings (SSSR count). The predicted octanol–water partition coefficient (Wildman–Crippen LogP) is -0.0628. The SMILES string of the molecule is CS(=O)(=O)CCS(=O)(=O)Cc1ccoc1C(=O)O. The summed E-state index contributed by atoms with van der Waals surface area (Å²) in [6.07, 6.45) is 2.01. The van der Waals surface area contributed by atoms with Crippen LogP contribution in [0, 0.1) is 0 Å². The molecule has 1 heterocycles. The van der Waals surface area contributed by atoms with E-state index in [1.165, 1.54) is 6.07 Å². The van der Waals surface area contributed by atoms with Crippen LogP contribution in [0.25, 0.3) is 0 Å². The van der Waals surface area contributed by atoms with E-state index in [0.717, 1.165) is 12.5 Å². The van der Waals surface area contributed by atoms with Crippen LogP contribution in [0.3, 0.4) is 0 Å². The Morgan fingerprint density at radius 2 is 1.89 bits per heavy atom. The van der Waals surface area contributed by atoms with Crippen molar-refractivity contribution >= 4 is 25.6 Å². The molecule has 0 saturated carbocycles. The van der Waals surface area contributed by atoms with Gasteiger partial charge in [0.2, 0.25) is 5.76 Å². The highest BCUT2D eigenvalue weighted by Gasteiger charge is 2.21. The first-order valence-electron chi connectivity index (χ1n) is 4.78. The number of carbonyl (C=O) groups is 1. The van der Waals surface area contributed by atoms with Crippen LogP contribution < -0.4 is 0 Å². The molecule has 0 aromatic carbocycles. The zero-order chi connectivity index (χ0) is 14.0. The van der Waals surface area contributed by atoms with E-state index < -0.39 is 48.7 Å². The summed E-state index contributed by atoms with van der Waals surface area (Å²) in [6.45, 7) is 0. The van der Waals surface area contributed by atoms with E-state index in [-0.39, 0.29) is 5.56 Å². The van der Waals surface area contributed by atoms with Crippen LogP contribution in [0.4, 0.5) is 0 Å². The monoisotopic (exact) mass is 296 g/mol. The summed E-state index contributed by atoms with van der Waals surface area (Å²) in [5.74, 6) is -3.40. The van der Waals surface area contributed by atoms with E-state index >= 15 is 0 Å². The fourth-order valence-corrected chi connectivity index (χ4v) is 4.30. The Bertz CT molecular complexity index is 636. The molecule has 0 amide bonds. The van der Waals surface area contributed by atoms with Crippen molar-refractivity contribution < 1.29 is 31.2 Å². The molecule has 0 spiro atoms. The number of rotatable bonds is 6. The van der Waals surface area contributed by atoms with Crippen molar-refractivity contribution in [2.75, 3.05) is 17.8 Å². The summed E-state index contributed by atoms with van der Waals surface area (Å²) < 4.78 is 49.6. The molecule has 1 aromatic heterocycles. The lowest BCUT2D eigenvalue weighted by atomic mass is 10.3. The van der Waals surface area contributed by atoms with E-state index in [0.29, 0.717) is 0 Å². The fourth-order valence-electron chi connectivity index (χ4n) is 1.22. The maximum atomic E-state index is 11.6. The number of aromatic carboxylic acids is 1. The standard InChI is InChI=1S/C9H12O7S2/c1-17(12,13)4-5-18(14,15)6-7-2-3-16-8(7)9(10)11/h2-3H,4-6H2,1H3,(H,10,11). The highest BCUT2D eigenvalue weighted by atomic mass is 32.2. The molecule has 1 N–H and O–H groups in total. The molecule has 0 atom stereocenters. The molecular formula is C9H12O7S2. The number of carboxylic acids is 1. The van der Waals surface area contributed by atoms with Crippen molar-refractivity contribution in [3.63, 3.8) is 0 Å². The quantitative estimate of drug-likeness (QED) is 0.780. The lowest BCUT2D eigenvalue weighted by molar-refractivity contribution is 0.0661. The summed E-state index contributed by atoms with van der Waals surface area (Å²) >= 11 is 0. The average Bonchev–Trinajstić information content (AvgIpc) is 2.61. The van der Waals surface area contributed by atoms with Crippen molar-refractivity contribution in [2.24, 2.45) is 0 Å². The van der Waals surface area contributed by atoms with Gasteiger partial charge < -0.3 is 9.52 Å². The number of hydrogen-bond donors (Lipinski definition) is 1. The van der Waals surface area contributed by atoms with Gasteiger partial charge in [0.15, 0.2) is 9.84 Å². The maximum absolute atomic E-state index is 11.6. The minimum atomic E-state index is -3.70. The van der Waals surface area contributed by atoms with Gasteiger partial charge in [-0.15, -0.1) is 0 Å². The first kappa shape index (κ1) is 14.7. The Morgan fingerprint density at radius 1 is 1.28 bits per heavy atom. The van der Waals surface area contributed by atoms with E-state index in [1.807, 2.05) is 0 Å². The lowest BCUT2D eigenvalue weighted by Gasteiger charge is -2.02. The van der Waals surface area contributed by atoms with Gasteiger partial charge in [-0.1, -0.05) is 0 Å². The number of carboxylic acid groups (broad SMARTS) is 1. The summed E-state index contributed by atoms with van der Waals surface area (Å²) in [7, 11) is -7.08. The van der Waals surface area contributed by atoms with Crippen molar-refractivity contribution in [1.82, 2.24) is 0 Å². The molecule has 0 saturated heterocycles. The third-order valence-corrected chi connectivity index (χ3v) is 4.86. The molecule has 0 bridgehead atoms. The van der Waals surface area contributed by atoms with Gasteiger partial charge in [0, 0.05) is 11.8 Å². The molecule has 1 aromatic rings. The highest BCUT2D eigenvalue weighted by Crippen LogP contribution is 2.14. The minimum Gasteiger partial charge on any atom is -0.475 e. The summed E-state index contributed by atoms with van der Waals surface area (Å²) in [5.41, 5.74) is 0.0102. The third-order valence-electron chi connectivity index (χ3n) is 2.08. The van der Waals surface area contributed by atoms with Gasteiger partial charge in [0.1, 0.15) is 9.84 Å². The molecule has 0 aliphatic carbocycles. The van der Waals surface area contributed by atoms with Crippen LogP contribution in [-0.2, 0) is 25.4 Å². The zero-order valence-corrected chi connectivity index (χ0v) is 11.1. The third kappa shape index (κ3) is 4.49. The normalized spacial score (nSPS) is 12.5. The van der Waals surface area contributed by atoms with Crippen LogP contribution in [0.2, 0.25) is 0 Å². The van der Waals surface area contributed by atoms with E-state index in [1.54, 1.807) is 0 Å². The topological polar surface area (TPSA) is 119 Å². The van der Waals surface area contributed by atoms with Gasteiger partial charge in [-0.05, 0) is 6.07 Å². The molecule has 102 valence electrons. The van der Waals surface area contributed by atoms with Gasteiger partial charge in [-0.2, -0.15) is 0 Å². The molecule has 0 aliphatic heterocycles. The van der Waals surface area contributed by atoms with Crippen molar-refractivity contribution in [2.45, 2.75) is 5.75 Å². The molecular weight excluding hydrogens is 284 g/mol. The zero-order valence-electron chi connectivity index (χ0n) is 9.49. The highest BCUT2D eigenvalue weighted by molar-refractivity contribution is 7.94. The van der Waals surface area contributed by atoms with Crippen LogP contribution in [-0.4, -0.2) is 45.7 Å². The van der Waals surface area contributed by atoms with Crippen LogP contribution in [0.5, 0.6) is 0 Å². The molecule has 18 heavy (non-hydrogen) atoms. The minimum absolute atomic E-state index is 0.0102. The molecule has 0 fully saturated rings. The van der Waals surface area contributed by atoms with Gasteiger partial charge >= 0.3 is 5.97 Å². The molecule has 7 nitrogen and oxygen atoms in total. The van der Waals surface area contributed by atoms with E-state index in [4.69, 9.17) is 5.11 Å². The number of furan rings is 1. The van der Waals surface area contributed by atoms with Gasteiger partial charge in [-0.3, -0.25) is 0 Å². The fraction of sp³-hybridized carbons (Fsp3) is 0.444. The summed E-state index contributed by atoms with van der Waals surface area (Å²) in [6, 6.07) is 1.24. The van der Waals surface area contributed by atoms with Crippen LogP contribution in [0.1, 0.15) is 16.1 Å². The van der Waals surface area contributed by atoms with E-state index in [9.17, 15) is 21.6 Å². The van der Waals surface area contributed by atoms with Gasteiger partial charge in [0.25, 0.3) is 0 Å². The van der Waals surface area contributed by atoms with Gasteiger partial charge in [0.05, 0.1) is 23.5 Å². The maximum Gasteiger partial charge on any atom is 0.372 e. The number of sulfone groups is 2. The molecule has 0 radical (unpaired) electrons. The second-order valence-corrected chi connectivity index (χ2v) is 8.25. The Morgan fingerprint density at radius 3 is 2.39 bits per heavy atom. The van der Waals surface area contributed by atoms with Crippen molar-refractivity contribution in [1.29, 1.82) is 0 Å². The second-order valence-electron chi connectivity index (χ2n) is 3.80. The molecule has 0 aliphatic rings. The predicted molar refractivity (Wildman–Crippen MR) is 62.9 cm³/mol. The lowest BCUT2D eigenvalue weighted by Crippen LogP contribution is -2.18. The van der Waals surface area contributed by atoms with Crippen LogP contribution >= 0.6 is 0 Å². The Hall–Kier alpha value is -1.35. The first-order valence-corrected chi connectivity index (χ1v) is 8.67. The van der Waals surface area contributed by atoms with Crippen molar-refractivity contribution in [3.8, 4) is 0 Å².